The summed E-state index contributed by atoms with van der Waals surface area (Å²) in [6.07, 6.45) is 3.36. The van der Waals surface area contributed by atoms with Gasteiger partial charge in [0.1, 0.15) is 0 Å². The number of nitrogens with zero attached hydrogens (tertiary/aromatic N) is 2. The summed E-state index contributed by atoms with van der Waals surface area (Å²) in [5.41, 5.74) is 7.44. The van der Waals surface area contributed by atoms with Crippen LogP contribution in [0.4, 0.5) is 5.69 Å². The SMILES string of the molecule is CCc1ccc(-c2cn3c(CC(=O)Nc4cccc(C)c4C)csc3n2)cc1. The van der Waals surface area contributed by atoms with Gasteiger partial charge in [-0.05, 0) is 43.0 Å². The minimum Gasteiger partial charge on any atom is -0.326 e. The van der Waals surface area contributed by atoms with Crippen molar-refractivity contribution in [3.05, 3.63) is 76.4 Å². The first-order valence-electron chi connectivity index (χ1n) is 9.46. The zero-order valence-corrected chi connectivity index (χ0v) is 17.1. The van der Waals surface area contributed by atoms with Crippen LogP contribution in [0.1, 0.15) is 29.3 Å². The second-order valence-electron chi connectivity index (χ2n) is 7.03. The number of anilines is 1. The summed E-state index contributed by atoms with van der Waals surface area (Å²) in [7, 11) is 0. The summed E-state index contributed by atoms with van der Waals surface area (Å²) in [6.45, 7) is 6.23. The van der Waals surface area contributed by atoms with Crippen molar-refractivity contribution in [3.8, 4) is 11.3 Å². The van der Waals surface area contributed by atoms with Crippen LogP contribution >= 0.6 is 11.3 Å². The normalized spacial score (nSPS) is 11.1. The molecule has 0 atom stereocenters. The van der Waals surface area contributed by atoms with E-state index in [1.54, 1.807) is 11.3 Å². The Morgan fingerprint density at radius 1 is 1.14 bits per heavy atom. The molecular formula is C23H23N3OS. The summed E-state index contributed by atoms with van der Waals surface area (Å²) in [5.74, 6) is -0.0176. The average molecular weight is 390 g/mol. The molecule has 4 nitrogen and oxygen atoms in total. The first kappa shape index (κ1) is 18.4. The van der Waals surface area contributed by atoms with Crippen molar-refractivity contribution < 1.29 is 4.79 Å². The molecule has 0 bridgehead atoms. The zero-order chi connectivity index (χ0) is 19.7. The number of imidazole rings is 1. The number of carbonyl (C=O) groups is 1. The molecule has 0 aliphatic heterocycles. The summed E-state index contributed by atoms with van der Waals surface area (Å²) >= 11 is 1.56. The summed E-state index contributed by atoms with van der Waals surface area (Å²) in [6, 6.07) is 14.5. The van der Waals surface area contributed by atoms with Crippen LogP contribution in [0, 0.1) is 13.8 Å². The molecule has 1 amide bonds. The average Bonchev–Trinajstić information content (AvgIpc) is 3.27. The highest BCUT2D eigenvalue weighted by atomic mass is 32.1. The van der Waals surface area contributed by atoms with Crippen LogP contribution in [-0.4, -0.2) is 15.3 Å². The lowest BCUT2D eigenvalue weighted by Gasteiger charge is -2.10. The Morgan fingerprint density at radius 2 is 1.93 bits per heavy atom. The van der Waals surface area contributed by atoms with Gasteiger partial charge in [0.25, 0.3) is 0 Å². The van der Waals surface area contributed by atoms with Gasteiger partial charge in [0.2, 0.25) is 5.91 Å². The predicted octanol–water partition coefficient (Wildman–Crippen LogP) is 5.42. The van der Waals surface area contributed by atoms with Gasteiger partial charge in [-0.25, -0.2) is 4.98 Å². The van der Waals surface area contributed by atoms with Crippen molar-refractivity contribution >= 4 is 27.9 Å². The first-order chi connectivity index (χ1) is 13.5. The molecule has 0 aliphatic carbocycles. The zero-order valence-electron chi connectivity index (χ0n) is 16.3. The van der Waals surface area contributed by atoms with Crippen molar-refractivity contribution in [1.29, 1.82) is 0 Å². The molecule has 142 valence electrons. The van der Waals surface area contributed by atoms with Gasteiger partial charge in [-0.2, -0.15) is 0 Å². The molecule has 4 rings (SSSR count). The highest BCUT2D eigenvalue weighted by Crippen LogP contribution is 2.25. The van der Waals surface area contributed by atoms with Crippen molar-refractivity contribution in [1.82, 2.24) is 9.38 Å². The molecule has 1 N–H and O–H groups in total. The van der Waals surface area contributed by atoms with E-state index in [0.717, 1.165) is 39.6 Å². The molecule has 28 heavy (non-hydrogen) atoms. The molecule has 0 fully saturated rings. The van der Waals surface area contributed by atoms with Crippen LogP contribution in [0.25, 0.3) is 16.2 Å². The second kappa shape index (κ2) is 7.60. The van der Waals surface area contributed by atoms with Crippen LogP contribution in [-0.2, 0) is 17.6 Å². The summed E-state index contributed by atoms with van der Waals surface area (Å²) in [5, 5.41) is 5.05. The van der Waals surface area contributed by atoms with E-state index in [1.807, 2.05) is 48.0 Å². The van der Waals surface area contributed by atoms with Crippen molar-refractivity contribution in [2.45, 2.75) is 33.6 Å². The Bertz CT molecular complexity index is 1140. The van der Waals surface area contributed by atoms with E-state index in [4.69, 9.17) is 4.98 Å². The van der Waals surface area contributed by atoms with Gasteiger partial charge in [-0.3, -0.25) is 9.20 Å². The van der Waals surface area contributed by atoms with Crippen molar-refractivity contribution in [2.75, 3.05) is 5.32 Å². The standard InChI is InChI=1S/C23H23N3OS/c1-4-17-8-10-18(11-9-17)21-13-26-19(14-28-23(26)25-21)12-22(27)24-20-7-5-6-15(2)16(20)3/h5-11,13-14H,4,12H2,1-3H3,(H,24,27). The van der Waals surface area contributed by atoms with E-state index in [0.29, 0.717) is 6.42 Å². The van der Waals surface area contributed by atoms with Crippen molar-refractivity contribution in [3.63, 3.8) is 0 Å². The number of nitrogens with one attached hydrogen (secondary N) is 1. The third kappa shape index (κ3) is 3.58. The number of fused-ring (bicyclic) bond motifs is 1. The summed E-state index contributed by atoms with van der Waals surface area (Å²) in [4.78, 5) is 18.2. The van der Waals surface area contributed by atoms with Gasteiger partial charge < -0.3 is 5.32 Å². The van der Waals surface area contributed by atoms with Crippen LogP contribution in [0.3, 0.4) is 0 Å². The number of carbonyl (C=O) groups excluding carboxylic acids is 1. The molecule has 0 radical (unpaired) electrons. The lowest BCUT2D eigenvalue weighted by Crippen LogP contribution is -2.16. The highest BCUT2D eigenvalue weighted by Gasteiger charge is 2.13. The Hall–Kier alpha value is -2.92. The number of rotatable bonds is 5. The number of hydrogen-bond donors (Lipinski definition) is 1. The maximum atomic E-state index is 12.6. The number of benzene rings is 2. The molecule has 0 aliphatic rings. The van der Waals surface area contributed by atoms with Crippen LogP contribution in [0.15, 0.2) is 54.0 Å². The number of amides is 1. The lowest BCUT2D eigenvalue weighted by molar-refractivity contribution is -0.115. The van der Waals surface area contributed by atoms with E-state index >= 15 is 0 Å². The Labute approximate surface area is 168 Å². The fourth-order valence-corrected chi connectivity index (χ4v) is 4.13. The van der Waals surface area contributed by atoms with E-state index in [1.165, 1.54) is 11.1 Å². The third-order valence-electron chi connectivity index (χ3n) is 5.16. The number of aryl methyl sites for hydroxylation is 2. The van der Waals surface area contributed by atoms with E-state index in [-0.39, 0.29) is 5.91 Å². The van der Waals surface area contributed by atoms with Gasteiger partial charge in [0.15, 0.2) is 4.96 Å². The van der Waals surface area contributed by atoms with E-state index in [9.17, 15) is 4.79 Å². The van der Waals surface area contributed by atoms with Crippen LogP contribution in [0.2, 0.25) is 0 Å². The molecule has 5 heteroatoms. The maximum absolute atomic E-state index is 12.6. The molecule has 0 spiro atoms. The van der Waals surface area contributed by atoms with E-state index < -0.39 is 0 Å². The number of aromatic nitrogens is 2. The minimum atomic E-state index is -0.0176. The quantitative estimate of drug-likeness (QED) is 0.495. The van der Waals surface area contributed by atoms with Gasteiger partial charge in [-0.1, -0.05) is 43.3 Å². The summed E-state index contributed by atoms with van der Waals surface area (Å²) < 4.78 is 2.02. The minimum absolute atomic E-state index is 0.0176. The van der Waals surface area contributed by atoms with Crippen molar-refractivity contribution in [2.24, 2.45) is 0 Å². The predicted molar refractivity (Wildman–Crippen MR) is 116 cm³/mol. The van der Waals surface area contributed by atoms with Gasteiger partial charge in [0.05, 0.1) is 12.1 Å². The van der Waals surface area contributed by atoms with Gasteiger partial charge in [-0.15, -0.1) is 11.3 Å². The molecule has 2 aromatic heterocycles. The molecule has 2 heterocycles. The number of thiazole rings is 1. The van der Waals surface area contributed by atoms with Gasteiger partial charge in [0, 0.05) is 28.5 Å². The first-order valence-corrected chi connectivity index (χ1v) is 10.3. The molecule has 0 saturated carbocycles. The monoisotopic (exact) mass is 389 g/mol. The highest BCUT2D eigenvalue weighted by molar-refractivity contribution is 7.15. The Kier molecular flexibility index (Phi) is 5.01. The molecular weight excluding hydrogens is 366 g/mol. The lowest BCUT2D eigenvalue weighted by atomic mass is 10.1. The Balaban J connectivity index is 1.55. The van der Waals surface area contributed by atoms with E-state index in [2.05, 4.69) is 36.5 Å². The second-order valence-corrected chi connectivity index (χ2v) is 7.87. The molecule has 0 unspecified atom stereocenters. The largest absolute Gasteiger partial charge is 0.326 e. The van der Waals surface area contributed by atoms with Gasteiger partial charge >= 0.3 is 0 Å². The molecule has 2 aromatic carbocycles. The fourth-order valence-electron chi connectivity index (χ4n) is 3.25. The molecule has 4 aromatic rings. The topological polar surface area (TPSA) is 46.4 Å². The molecule has 0 saturated heterocycles. The fraction of sp³-hybridized carbons (Fsp3) is 0.217. The smallest absolute Gasteiger partial charge is 0.230 e. The maximum Gasteiger partial charge on any atom is 0.230 e. The third-order valence-corrected chi connectivity index (χ3v) is 6.05. The Morgan fingerprint density at radius 3 is 2.68 bits per heavy atom. The van der Waals surface area contributed by atoms with Crippen LogP contribution in [0.5, 0.6) is 0 Å². The number of hydrogen-bond acceptors (Lipinski definition) is 3. The van der Waals surface area contributed by atoms with Crippen LogP contribution < -0.4 is 5.32 Å².